The van der Waals surface area contributed by atoms with Crippen molar-refractivity contribution in [1.29, 1.82) is 0 Å². The summed E-state index contributed by atoms with van der Waals surface area (Å²) in [4.78, 5) is 72.6. The van der Waals surface area contributed by atoms with Crippen LogP contribution in [0.25, 0.3) is 0 Å². The van der Waals surface area contributed by atoms with Crippen LogP contribution in [-0.2, 0) is 65.4 Å². The normalized spacial score (nSPS) is 14.4. The Kier molecular flexibility index (Phi) is 62.4. The standard InChI is InChI=1S/C73H142O17P2/c1-8-10-11-12-13-14-15-16-17-18-19-20-21-22-23-24-25-26-33-42-49-56-72(77)89-68(60-83-70(75)54-47-40-32-28-27-30-37-44-51-64(3)4)62-87-91(79,80)85-58-67(74)59-86-92(81,82)88-63-69(90-73(78)57-50-43-34-29-31-38-45-52-65(5)6)61-84-71(76)55-48-41-36-35-39-46-53-66(7)9-2/h64-69,74H,8-63H2,1-7H3,(H,79,80)(H,81,82)/t66?,67-,68-,69-/m1/s1. The van der Waals surface area contributed by atoms with E-state index in [9.17, 15) is 43.2 Å². The molecule has 0 aliphatic rings. The highest BCUT2D eigenvalue weighted by Gasteiger charge is 2.30. The fraction of sp³-hybridized carbons (Fsp3) is 0.945. The van der Waals surface area contributed by atoms with Crippen molar-refractivity contribution in [1.82, 2.24) is 0 Å². The van der Waals surface area contributed by atoms with Gasteiger partial charge in [0.15, 0.2) is 12.2 Å². The maximum atomic E-state index is 13.0. The van der Waals surface area contributed by atoms with E-state index < -0.39 is 97.5 Å². The van der Waals surface area contributed by atoms with E-state index in [-0.39, 0.29) is 25.7 Å². The molecule has 0 spiro atoms. The number of phosphoric ester groups is 2. The van der Waals surface area contributed by atoms with Gasteiger partial charge in [-0.25, -0.2) is 9.13 Å². The summed E-state index contributed by atoms with van der Waals surface area (Å²) < 4.78 is 68.3. The number of phosphoric acid groups is 2. The highest BCUT2D eigenvalue weighted by molar-refractivity contribution is 7.47. The molecule has 0 saturated carbocycles. The van der Waals surface area contributed by atoms with Gasteiger partial charge in [0, 0.05) is 25.7 Å². The fourth-order valence-electron chi connectivity index (χ4n) is 11.0. The van der Waals surface area contributed by atoms with Gasteiger partial charge in [0.2, 0.25) is 0 Å². The number of aliphatic hydroxyl groups excluding tert-OH is 1. The highest BCUT2D eigenvalue weighted by atomic mass is 31.2. The average molecular weight is 1350 g/mol. The summed E-state index contributed by atoms with van der Waals surface area (Å²) in [6, 6.07) is 0. The van der Waals surface area contributed by atoms with Gasteiger partial charge in [0.05, 0.1) is 26.4 Å². The molecule has 0 bridgehead atoms. The molecule has 0 aliphatic carbocycles. The van der Waals surface area contributed by atoms with E-state index in [4.69, 9.17) is 37.0 Å². The van der Waals surface area contributed by atoms with Crippen LogP contribution in [0, 0.1) is 17.8 Å². The number of aliphatic hydroxyl groups is 1. The Hall–Kier alpha value is -1.94. The molecule has 0 amide bonds. The lowest BCUT2D eigenvalue weighted by molar-refractivity contribution is -0.161. The second-order valence-corrected chi connectivity index (χ2v) is 30.4. The van der Waals surface area contributed by atoms with Crippen molar-refractivity contribution in [2.24, 2.45) is 17.8 Å². The molecule has 0 saturated heterocycles. The minimum Gasteiger partial charge on any atom is -0.462 e. The summed E-state index contributed by atoms with van der Waals surface area (Å²) in [6.45, 7) is 11.7. The van der Waals surface area contributed by atoms with E-state index in [1.807, 2.05) is 0 Å². The summed E-state index contributed by atoms with van der Waals surface area (Å²) in [5.41, 5.74) is 0. The summed E-state index contributed by atoms with van der Waals surface area (Å²) >= 11 is 0. The summed E-state index contributed by atoms with van der Waals surface area (Å²) in [7, 11) is -9.90. The first-order valence-corrected chi connectivity index (χ1v) is 40.9. The minimum absolute atomic E-state index is 0.102. The lowest BCUT2D eigenvalue weighted by Crippen LogP contribution is -2.30. The van der Waals surface area contributed by atoms with Crippen molar-refractivity contribution in [3.63, 3.8) is 0 Å². The number of hydrogen-bond donors (Lipinski definition) is 3. The maximum absolute atomic E-state index is 13.0. The third kappa shape index (κ3) is 65.4. The molecule has 0 aromatic carbocycles. The fourth-order valence-corrected chi connectivity index (χ4v) is 12.6. The SMILES string of the molecule is CCCCCCCCCCCCCCCCCCCCCCCC(=O)O[C@H](COC(=O)CCCCCCCCCCC(C)C)COP(=O)(O)OC[C@@H](O)COP(=O)(O)OC[C@@H](COC(=O)CCCCCCCCC(C)CC)OC(=O)CCCCCCCCCC(C)C. The molecule has 19 heteroatoms. The van der Waals surface area contributed by atoms with Gasteiger partial charge in [-0.05, 0) is 43.4 Å². The lowest BCUT2D eigenvalue weighted by atomic mass is 10.00. The van der Waals surface area contributed by atoms with Gasteiger partial charge in [-0.3, -0.25) is 37.3 Å². The van der Waals surface area contributed by atoms with Crippen LogP contribution in [0.5, 0.6) is 0 Å². The maximum Gasteiger partial charge on any atom is 0.472 e. The van der Waals surface area contributed by atoms with Gasteiger partial charge < -0.3 is 33.8 Å². The molecule has 92 heavy (non-hydrogen) atoms. The van der Waals surface area contributed by atoms with Crippen molar-refractivity contribution < 1.29 is 80.2 Å². The van der Waals surface area contributed by atoms with E-state index in [1.54, 1.807) is 0 Å². The molecule has 0 heterocycles. The van der Waals surface area contributed by atoms with E-state index in [1.165, 1.54) is 173 Å². The Balaban J connectivity index is 5.17. The predicted molar refractivity (Wildman–Crippen MR) is 372 cm³/mol. The van der Waals surface area contributed by atoms with Crippen LogP contribution in [0.15, 0.2) is 0 Å². The van der Waals surface area contributed by atoms with E-state index >= 15 is 0 Å². The molecule has 0 radical (unpaired) electrons. The lowest BCUT2D eigenvalue weighted by Gasteiger charge is -2.21. The molecule has 0 fully saturated rings. The Morgan fingerprint density at radius 2 is 0.554 bits per heavy atom. The molecule has 6 atom stereocenters. The van der Waals surface area contributed by atoms with Crippen molar-refractivity contribution in [3.8, 4) is 0 Å². The van der Waals surface area contributed by atoms with Crippen LogP contribution in [0.1, 0.15) is 370 Å². The van der Waals surface area contributed by atoms with Crippen LogP contribution in [0.3, 0.4) is 0 Å². The zero-order chi connectivity index (χ0) is 68.0. The van der Waals surface area contributed by atoms with Gasteiger partial charge in [-0.15, -0.1) is 0 Å². The number of hydrogen-bond acceptors (Lipinski definition) is 15. The van der Waals surface area contributed by atoms with Crippen molar-refractivity contribution in [2.75, 3.05) is 39.6 Å². The van der Waals surface area contributed by atoms with Gasteiger partial charge in [-0.1, -0.05) is 318 Å². The molecule has 0 aliphatic heterocycles. The Morgan fingerprint density at radius 1 is 0.315 bits per heavy atom. The molecule has 546 valence electrons. The first-order valence-electron chi connectivity index (χ1n) is 37.9. The third-order valence-corrected chi connectivity index (χ3v) is 19.1. The van der Waals surface area contributed by atoms with E-state index in [0.717, 1.165) is 108 Å². The quantitative estimate of drug-likeness (QED) is 0.0222. The van der Waals surface area contributed by atoms with Crippen LogP contribution in [-0.4, -0.2) is 96.7 Å². The largest absolute Gasteiger partial charge is 0.472 e. The first-order chi connectivity index (χ1) is 44.3. The Bertz CT molecular complexity index is 1800. The first kappa shape index (κ1) is 90.1. The summed E-state index contributed by atoms with van der Waals surface area (Å²) in [5, 5.41) is 10.6. The zero-order valence-electron chi connectivity index (χ0n) is 60.0. The number of esters is 4. The van der Waals surface area contributed by atoms with Gasteiger partial charge >= 0.3 is 39.5 Å². The zero-order valence-corrected chi connectivity index (χ0v) is 61.8. The monoisotopic (exact) mass is 1350 g/mol. The summed E-state index contributed by atoms with van der Waals surface area (Å²) in [6.07, 6.45) is 49.0. The van der Waals surface area contributed by atoms with Gasteiger partial charge in [0.25, 0.3) is 0 Å². The number of unbranched alkanes of at least 4 members (excludes halogenated alkanes) is 38. The smallest absolute Gasteiger partial charge is 0.462 e. The Labute approximate surface area is 562 Å². The van der Waals surface area contributed by atoms with Crippen molar-refractivity contribution in [3.05, 3.63) is 0 Å². The molecular weight excluding hydrogens is 1210 g/mol. The molecule has 0 aromatic rings. The van der Waals surface area contributed by atoms with Crippen molar-refractivity contribution in [2.45, 2.75) is 388 Å². The molecule has 3 unspecified atom stereocenters. The molecular formula is C73H142O17P2. The van der Waals surface area contributed by atoms with Crippen LogP contribution < -0.4 is 0 Å². The van der Waals surface area contributed by atoms with Crippen LogP contribution >= 0.6 is 15.6 Å². The molecule has 17 nitrogen and oxygen atoms in total. The molecule has 3 N–H and O–H groups in total. The number of carbonyl (C=O) groups is 4. The second-order valence-electron chi connectivity index (χ2n) is 27.5. The Morgan fingerprint density at radius 3 is 0.826 bits per heavy atom. The molecule has 0 rings (SSSR count). The topological polar surface area (TPSA) is 237 Å². The van der Waals surface area contributed by atoms with Gasteiger partial charge in [0.1, 0.15) is 19.3 Å². The van der Waals surface area contributed by atoms with Crippen LogP contribution in [0.4, 0.5) is 0 Å². The minimum atomic E-state index is -4.95. The summed E-state index contributed by atoms with van der Waals surface area (Å²) in [5.74, 6) is 0.0241. The average Bonchev–Trinajstić information content (AvgIpc) is 3.70. The number of ether oxygens (including phenoxy) is 4. The number of carbonyl (C=O) groups excluding carboxylic acids is 4. The van der Waals surface area contributed by atoms with E-state index in [2.05, 4.69) is 48.5 Å². The van der Waals surface area contributed by atoms with Crippen LogP contribution in [0.2, 0.25) is 0 Å². The van der Waals surface area contributed by atoms with Crippen molar-refractivity contribution >= 4 is 39.5 Å². The predicted octanol–water partition coefficient (Wildman–Crippen LogP) is 21.0. The third-order valence-electron chi connectivity index (χ3n) is 17.2. The molecule has 0 aromatic heterocycles. The second kappa shape index (κ2) is 63.8. The van der Waals surface area contributed by atoms with E-state index in [0.29, 0.717) is 31.6 Å². The number of rotatable bonds is 71. The van der Waals surface area contributed by atoms with Gasteiger partial charge in [-0.2, -0.15) is 0 Å². The highest BCUT2D eigenvalue weighted by Crippen LogP contribution is 2.45.